The fourth-order valence-corrected chi connectivity index (χ4v) is 4.20. The van der Waals surface area contributed by atoms with Crippen molar-refractivity contribution < 1.29 is 21.6 Å². The van der Waals surface area contributed by atoms with Crippen molar-refractivity contribution in [2.45, 2.75) is 38.4 Å². The minimum atomic E-state index is -4.48. The van der Waals surface area contributed by atoms with Crippen LogP contribution in [0.4, 0.5) is 18.9 Å². The minimum Gasteiger partial charge on any atom is -0.276 e. The molecule has 138 valence electrons. The van der Waals surface area contributed by atoms with E-state index >= 15 is 0 Å². The maximum absolute atomic E-state index is 12.6. The number of alkyl halides is 3. The summed E-state index contributed by atoms with van der Waals surface area (Å²) in [6, 6.07) is 2.58. The zero-order valence-electron chi connectivity index (χ0n) is 13.4. The molecule has 0 atom stereocenters. The smallest absolute Gasteiger partial charge is 0.276 e. The van der Waals surface area contributed by atoms with Crippen LogP contribution in [0.25, 0.3) is 0 Å². The third kappa shape index (κ3) is 4.39. The lowest BCUT2D eigenvalue weighted by Gasteiger charge is -2.12. The highest BCUT2D eigenvalue weighted by Gasteiger charge is 2.31. The average Bonchev–Trinajstić information content (AvgIpc) is 2.68. The van der Waals surface area contributed by atoms with Gasteiger partial charge in [-0.2, -0.15) is 18.3 Å². The number of rotatable bonds is 4. The molecule has 0 spiro atoms. The topological polar surface area (TPSA) is 64.0 Å². The predicted molar refractivity (Wildman–Crippen MR) is 89.8 cm³/mol. The maximum Gasteiger partial charge on any atom is 0.408 e. The van der Waals surface area contributed by atoms with Gasteiger partial charge in [-0.25, -0.2) is 8.42 Å². The SMILES string of the molecule is Cc1cc(S(=O)(=O)Nc2c(C)nn(CC(F)(F)F)c2C)c(Cl)cc1Cl. The molecular formula is C14H14Cl2F3N3O2S. The van der Waals surface area contributed by atoms with Gasteiger partial charge in [0.15, 0.2) is 0 Å². The highest BCUT2D eigenvalue weighted by Crippen LogP contribution is 2.31. The van der Waals surface area contributed by atoms with Crippen LogP contribution in [-0.4, -0.2) is 24.4 Å². The molecule has 0 aliphatic carbocycles. The van der Waals surface area contributed by atoms with Gasteiger partial charge in [0.25, 0.3) is 10.0 Å². The second-order valence-corrected chi connectivity index (χ2v) is 7.92. The molecule has 2 aromatic rings. The summed E-state index contributed by atoms with van der Waals surface area (Å²) in [5.41, 5.74) is 0.632. The normalized spacial score (nSPS) is 12.5. The number of aryl methyl sites for hydroxylation is 2. The molecule has 0 aliphatic heterocycles. The van der Waals surface area contributed by atoms with Gasteiger partial charge in [-0.15, -0.1) is 0 Å². The van der Waals surface area contributed by atoms with Gasteiger partial charge in [0.05, 0.1) is 22.1 Å². The Kier molecular flexibility index (Phi) is 5.32. The summed E-state index contributed by atoms with van der Waals surface area (Å²) in [4.78, 5) is -0.224. The zero-order chi connectivity index (χ0) is 19.2. The van der Waals surface area contributed by atoms with E-state index in [1.807, 2.05) is 0 Å². The number of benzene rings is 1. The van der Waals surface area contributed by atoms with E-state index in [2.05, 4.69) is 9.82 Å². The summed E-state index contributed by atoms with van der Waals surface area (Å²) < 4.78 is 65.8. The van der Waals surface area contributed by atoms with E-state index in [0.29, 0.717) is 15.3 Å². The fraction of sp³-hybridized carbons (Fsp3) is 0.357. The van der Waals surface area contributed by atoms with E-state index in [4.69, 9.17) is 23.2 Å². The molecule has 0 radical (unpaired) electrons. The van der Waals surface area contributed by atoms with Crippen molar-refractivity contribution in [2.24, 2.45) is 0 Å². The number of halogens is 5. The Morgan fingerprint density at radius 2 is 1.76 bits per heavy atom. The lowest BCUT2D eigenvalue weighted by Crippen LogP contribution is -2.20. The number of aromatic nitrogens is 2. The second kappa shape index (κ2) is 6.69. The Hall–Kier alpha value is -1.45. The predicted octanol–water partition coefficient (Wildman–Crippen LogP) is 4.48. The van der Waals surface area contributed by atoms with Crippen molar-refractivity contribution in [3.8, 4) is 0 Å². The summed E-state index contributed by atoms with van der Waals surface area (Å²) in [6.45, 7) is 3.04. The molecule has 0 saturated heterocycles. The Bertz CT molecular complexity index is 924. The quantitative estimate of drug-likeness (QED) is 0.800. The van der Waals surface area contributed by atoms with Gasteiger partial charge in [0, 0.05) is 5.02 Å². The molecule has 0 fully saturated rings. The van der Waals surface area contributed by atoms with Crippen LogP contribution in [0.1, 0.15) is 17.0 Å². The Morgan fingerprint density at radius 3 is 2.32 bits per heavy atom. The second-order valence-electron chi connectivity index (χ2n) is 5.46. The van der Waals surface area contributed by atoms with Gasteiger partial charge in [0.2, 0.25) is 0 Å². The van der Waals surface area contributed by atoms with Gasteiger partial charge in [0.1, 0.15) is 11.4 Å². The molecule has 2 rings (SSSR count). The van der Waals surface area contributed by atoms with Gasteiger partial charge in [-0.05, 0) is 38.5 Å². The van der Waals surface area contributed by atoms with E-state index < -0.39 is 22.7 Å². The van der Waals surface area contributed by atoms with Crippen molar-refractivity contribution in [3.63, 3.8) is 0 Å². The first-order valence-corrected chi connectivity index (χ1v) is 9.15. The lowest BCUT2D eigenvalue weighted by molar-refractivity contribution is -0.142. The summed E-state index contributed by atoms with van der Waals surface area (Å²) in [5, 5.41) is 3.95. The molecule has 0 unspecified atom stereocenters. The number of nitrogens with one attached hydrogen (secondary N) is 1. The van der Waals surface area contributed by atoms with Crippen LogP contribution in [0, 0.1) is 20.8 Å². The molecular weight excluding hydrogens is 402 g/mol. The van der Waals surface area contributed by atoms with Crippen molar-refractivity contribution in [1.29, 1.82) is 0 Å². The van der Waals surface area contributed by atoms with E-state index in [1.165, 1.54) is 26.0 Å². The molecule has 1 N–H and O–H groups in total. The van der Waals surface area contributed by atoms with E-state index in [-0.39, 0.29) is 27.0 Å². The molecule has 25 heavy (non-hydrogen) atoms. The van der Waals surface area contributed by atoms with Crippen LogP contribution in [-0.2, 0) is 16.6 Å². The van der Waals surface area contributed by atoms with Crippen LogP contribution >= 0.6 is 23.2 Å². The summed E-state index contributed by atoms with van der Waals surface area (Å²) in [5.74, 6) is 0. The number of sulfonamides is 1. The standard InChI is InChI=1S/C14H14Cl2F3N3O2S/c1-7-4-12(11(16)5-10(7)15)25(23,24)21-13-8(2)20-22(9(13)3)6-14(17,18)19/h4-5,21H,6H2,1-3H3. The Balaban J connectivity index is 2.44. The first-order chi connectivity index (χ1) is 11.3. The van der Waals surface area contributed by atoms with Crippen molar-refractivity contribution in [2.75, 3.05) is 4.72 Å². The van der Waals surface area contributed by atoms with Crippen molar-refractivity contribution >= 4 is 38.9 Å². The molecule has 0 bridgehead atoms. The molecule has 1 aromatic carbocycles. The zero-order valence-corrected chi connectivity index (χ0v) is 15.7. The lowest BCUT2D eigenvalue weighted by atomic mass is 10.2. The Morgan fingerprint density at radius 1 is 1.16 bits per heavy atom. The Labute approximate surface area is 152 Å². The minimum absolute atomic E-state index is 0.0204. The highest BCUT2D eigenvalue weighted by atomic mass is 35.5. The summed E-state index contributed by atoms with van der Waals surface area (Å²) in [7, 11) is -4.13. The first kappa shape index (κ1) is 19.9. The number of nitrogens with zero attached hydrogens (tertiary/aromatic N) is 2. The molecule has 1 heterocycles. The van der Waals surface area contributed by atoms with E-state index in [9.17, 15) is 21.6 Å². The average molecular weight is 416 g/mol. The van der Waals surface area contributed by atoms with Crippen LogP contribution < -0.4 is 4.72 Å². The highest BCUT2D eigenvalue weighted by molar-refractivity contribution is 7.92. The van der Waals surface area contributed by atoms with Gasteiger partial charge in [-0.3, -0.25) is 9.40 Å². The molecule has 11 heteroatoms. The summed E-state index contributed by atoms with van der Waals surface area (Å²) in [6.07, 6.45) is -4.48. The molecule has 5 nitrogen and oxygen atoms in total. The van der Waals surface area contributed by atoms with Gasteiger partial charge in [-0.1, -0.05) is 23.2 Å². The number of anilines is 1. The third-order valence-electron chi connectivity index (χ3n) is 3.45. The van der Waals surface area contributed by atoms with Gasteiger partial charge < -0.3 is 0 Å². The monoisotopic (exact) mass is 415 g/mol. The third-order valence-corrected chi connectivity index (χ3v) is 5.67. The first-order valence-electron chi connectivity index (χ1n) is 6.91. The maximum atomic E-state index is 12.6. The van der Waals surface area contributed by atoms with E-state index in [1.54, 1.807) is 6.92 Å². The van der Waals surface area contributed by atoms with Crippen molar-refractivity contribution in [3.05, 3.63) is 39.1 Å². The molecule has 0 amide bonds. The van der Waals surface area contributed by atoms with Crippen molar-refractivity contribution in [1.82, 2.24) is 9.78 Å². The summed E-state index contributed by atoms with van der Waals surface area (Å²) >= 11 is 11.8. The van der Waals surface area contributed by atoms with Gasteiger partial charge >= 0.3 is 6.18 Å². The largest absolute Gasteiger partial charge is 0.408 e. The van der Waals surface area contributed by atoms with Crippen LogP contribution in [0.3, 0.4) is 0 Å². The van der Waals surface area contributed by atoms with E-state index in [0.717, 1.165) is 0 Å². The molecule has 0 aliphatic rings. The molecule has 0 saturated carbocycles. The molecule has 1 aromatic heterocycles. The van der Waals surface area contributed by atoms with Crippen LogP contribution in [0.2, 0.25) is 10.0 Å². The fourth-order valence-electron chi connectivity index (χ4n) is 2.19. The van der Waals surface area contributed by atoms with Crippen LogP contribution in [0.5, 0.6) is 0 Å². The number of hydrogen-bond acceptors (Lipinski definition) is 3. The number of hydrogen-bond donors (Lipinski definition) is 1. The van der Waals surface area contributed by atoms with Crippen LogP contribution in [0.15, 0.2) is 17.0 Å².